The van der Waals surface area contributed by atoms with Gasteiger partial charge in [-0.3, -0.25) is 14.4 Å². The molecule has 0 amide bonds. The van der Waals surface area contributed by atoms with Gasteiger partial charge in [0.1, 0.15) is 5.75 Å². The minimum absolute atomic E-state index is 0.0409. The highest BCUT2D eigenvalue weighted by Crippen LogP contribution is 2.30. The predicted molar refractivity (Wildman–Crippen MR) is 89.4 cm³/mol. The number of halogens is 1. The smallest absolute Gasteiger partial charge is 0.271 e. The van der Waals surface area contributed by atoms with Crippen LogP contribution in [0.15, 0.2) is 51.8 Å². The van der Waals surface area contributed by atoms with Gasteiger partial charge < -0.3 is 4.74 Å². The molecule has 2 rings (SSSR count). The fourth-order valence-electron chi connectivity index (χ4n) is 1.91. The molecule has 0 saturated heterocycles. The van der Waals surface area contributed by atoms with Crippen LogP contribution in [0.1, 0.15) is 0 Å². The van der Waals surface area contributed by atoms with Crippen LogP contribution in [0.25, 0.3) is 0 Å². The van der Waals surface area contributed by atoms with Crippen LogP contribution in [0.3, 0.4) is 0 Å². The molecule has 0 aliphatic rings. The first-order chi connectivity index (χ1) is 10.8. The molecule has 0 atom stereocenters. The molecule has 0 aliphatic carbocycles. The van der Waals surface area contributed by atoms with Crippen molar-refractivity contribution in [3.63, 3.8) is 0 Å². The van der Waals surface area contributed by atoms with E-state index in [0.717, 1.165) is 4.31 Å². The largest absolute Gasteiger partial charge is 0.496 e. The third-order valence-electron chi connectivity index (χ3n) is 3.19. The number of methoxy groups -OCH3 is 1. The summed E-state index contributed by atoms with van der Waals surface area (Å²) in [6.45, 7) is 0. The molecule has 0 radical (unpaired) electrons. The zero-order chi connectivity index (χ0) is 17.2. The molecule has 0 saturated carbocycles. The summed E-state index contributed by atoms with van der Waals surface area (Å²) in [6.07, 6.45) is 0. The maximum absolute atomic E-state index is 12.7. The summed E-state index contributed by atoms with van der Waals surface area (Å²) in [5.41, 5.74) is 0.0200. The molecular weight excluding hydrogens is 388 g/mol. The lowest BCUT2D eigenvalue weighted by atomic mass is 10.3. The van der Waals surface area contributed by atoms with E-state index >= 15 is 0 Å². The van der Waals surface area contributed by atoms with E-state index in [1.165, 1.54) is 56.6 Å². The molecule has 0 bridgehead atoms. The topological polar surface area (TPSA) is 89.8 Å². The van der Waals surface area contributed by atoms with Crippen LogP contribution in [-0.4, -0.2) is 27.5 Å². The molecule has 7 nitrogen and oxygen atoms in total. The highest BCUT2D eigenvalue weighted by atomic mass is 79.9. The lowest BCUT2D eigenvalue weighted by Crippen LogP contribution is -2.26. The predicted octanol–water partition coefficient (Wildman–Crippen LogP) is 3.19. The Hall–Kier alpha value is -2.13. The van der Waals surface area contributed by atoms with Gasteiger partial charge in [-0.15, -0.1) is 0 Å². The lowest BCUT2D eigenvalue weighted by Gasteiger charge is -2.19. The summed E-state index contributed by atoms with van der Waals surface area (Å²) in [4.78, 5) is 10.3. The normalized spacial score (nSPS) is 11.1. The van der Waals surface area contributed by atoms with Gasteiger partial charge >= 0.3 is 0 Å². The van der Waals surface area contributed by atoms with Gasteiger partial charge in [0.25, 0.3) is 15.7 Å². The van der Waals surface area contributed by atoms with E-state index in [-0.39, 0.29) is 16.3 Å². The van der Waals surface area contributed by atoms with Crippen molar-refractivity contribution in [3.05, 3.63) is 57.1 Å². The highest BCUT2D eigenvalue weighted by molar-refractivity contribution is 9.10. The number of rotatable bonds is 5. The molecule has 122 valence electrons. The second-order valence-corrected chi connectivity index (χ2v) is 7.37. The number of anilines is 1. The van der Waals surface area contributed by atoms with E-state index in [0.29, 0.717) is 10.2 Å². The summed E-state index contributed by atoms with van der Waals surface area (Å²) in [5, 5.41) is 10.8. The first-order valence-electron chi connectivity index (χ1n) is 6.34. The molecule has 0 aromatic heterocycles. The molecule has 2 aromatic carbocycles. The molecule has 23 heavy (non-hydrogen) atoms. The first-order valence-corrected chi connectivity index (χ1v) is 8.57. The summed E-state index contributed by atoms with van der Waals surface area (Å²) < 4.78 is 31.9. The number of non-ortho nitro benzene ring substituents is 1. The Morgan fingerprint density at radius 3 is 2.48 bits per heavy atom. The fourth-order valence-corrected chi connectivity index (χ4v) is 3.81. The molecule has 9 heteroatoms. The van der Waals surface area contributed by atoms with Gasteiger partial charge in [0.15, 0.2) is 0 Å². The van der Waals surface area contributed by atoms with Crippen molar-refractivity contribution in [2.24, 2.45) is 0 Å². The minimum atomic E-state index is -3.86. The number of hydrogen-bond acceptors (Lipinski definition) is 5. The molecular formula is C14H13BrN2O5S. The summed E-state index contributed by atoms with van der Waals surface area (Å²) in [7, 11) is -1.04. The molecule has 0 N–H and O–H groups in total. The van der Waals surface area contributed by atoms with E-state index in [9.17, 15) is 18.5 Å². The maximum atomic E-state index is 12.7. The maximum Gasteiger partial charge on any atom is 0.271 e. The average molecular weight is 401 g/mol. The number of nitro groups is 1. The van der Waals surface area contributed by atoms with Gasteiger partial charge in [-0.05, 0) is 40.2 Å². The van der Waals surface area contributed by atoms with Crippen molar-refractivity contribution in [2.45, 2.75) is 4.90 Å². The van der Waals surface area contributed by atoms with Crippen LogP contribution in [0.2, 0.25) is 0 Å². The van der Waals surface area contributed by atoms with Gasteiger partial charge in [0, 0.05) is 19.2 Å². The van der Waals surface area contributed by atoms with E-state index in [2.05, 4.69) is 15.9 Å². The van der Waals surface area contributed by atoms with Crippen molar-refractivity contribution in [3.8, 4) is 5.75 Å². The average Bonchev–Trinajstić information content (AvgIpc) is 2.54. The Balaban J connectivity index is 2.44. The SMILES string of the molecule is COc1ccc(S(=O)(=O)N(C)c2cccc([N+](=O)[O-])c2)cc1Br. The van der Waals surface area contributed by atoms with Crippen LogP contribution in [0, 0.1) is 10.1 Å². The van der Waals surface area contributed by atoms with Crippen LogP contribution in [0.5, 0.6) is 5.75 Å². The zero-order valence-corrected chi connectivity index (χ0v) is 14.7. The van der Waals surface area contributed by atoms with Crippen molar-refractivity contribution in [1.29, 1.82) is 0 Å². The van der Waals surface area contributed by atoms with Crippen LogP contribution >= 0.6 is 15.9 Å². The Kier molecular flexibility index (Phi) is 4.90. The number of benzene rings is 2. The van der Waals surface area contributed by atoms with Crippen LogP contribution in [-0.2, 0) is 10.0 Å². The Morgan fingerprint density at radius 2 is 1.91 bits per heavy atom. The quantitative estimate of drug-likeness (QED) is 0.567. The lowest BCUT2D eigenvalue weighted by molar-refractivity contribution is -0.384. The summed E-state index contributed by atoms with van der Waals surface area (Å²) in [6, 6.07) is 9.78. The number of nitro benzene ring substituents is 1. The van der Waals surface area contributed by atoms with Gasteiger partial charge in [-0.2, -0.15) is 0 Å². The fraction of sp³-hybridized carbons (Fsp3) is 0.143. The molecule has 0 fully saturated rings. The van der Waals surface area contributed by atoms with Gasteiger partial charge in [-0.1, -0.05) is 6.07 Å². The third-order valence-corrected chi connectivity index (χ3v) is 5.59. The van der Waals surface area contributed by atoms with Crippen molar-refractivity contribution < 1.29 is 18.1 Å². The first kappa shape index (κ1) is 17.2. The Bertz CT molecular complexity index is 854. The molecule has 0 aliphatic heterocycles. The van der Waals surface area contributed by atoms with E-state index in [1.54, 1.807) is 0 Å². The van der Waals surface area contributed by atoms with Crippen LogP contribution < -0.4 is 9.04 Å². The van der Waals surface area contributed by atoms with Crippen molar-refractivity contribution in [1.82, 2.24) is 0 Å². The van der Waals surface area contributed by atoms with E-state index < -0.39 is 14.9 Å². The number of nitrogens with zero attached hydrogens (tertiary/aromatic N) is 2. The second-order valence-electron chi connectivity index (χ2n) is 4.55. The zero-order valence-electron chi connectivity index (χ0n) is 12.3. The Labute approximate surface area is 141 Å². The van der Waals surface area contributed by atoms with Gasteiger partial charge in [0.2, 0.25) is 0 Å². The summed E-state index contributed by atoms with van der Waals surface area (Å²) in [5.74, 6) is 0.502. The van der Waals surface area contributed by atoms with Crippen LogP contribution in [0.4, 0.5) is 11.4 Å². The standard InChI is InChI=1S/C14H13BrN2O5S/c1-16(10-4-3-5-11(8-10)17(18)19)23(20,21)12-6-7-14(22-2)13(15)9-12/h3-9H,1-2H3. The van der Waals surface area contributed by atoms with Crippen molar-refractivity contribution >= 4 is 37.3 Å². The monoisotopic (exact) mass is 400 g/mol. The van der Waals surface area contributed by atoms with Gasteiger partial charge in [-0.25, -0.2) is 8.42 Å². The second kappa shape index (κ2) is 6.55. The number of ether oxygens (including phenoxy) is 1. The highest BCUT2D eigenvalue weighted by Gasteiger charge is 2.23. The van der Waals surface area contributed by atoms with E-state index in [1.807, 2.05) is 0 Å². The minimum Gasteiger partial charge on any atom is -0.496 e. The molecule has 0 heterocycles. The van der Waals surface area contributed by atoms with Gasteiger partial charge in [0.05, 0.1) is 27.1 Å². The number of hydrogen-bond donors (Lipinski definition) is 0. The van der Waals surface area contributed by atoms with E-state index in [4.69, 9.17) is 4.74 Å². The third kappa shape index (κ3) is 3.45. The molecule has 0 spiro atoms. The van der Waals surface area contributed by atoms with Crippen molar-refractivity contribution in [2.75, 3.05) is 18.5 Å². The Morgan fingerprint density at radius 1 is 1.22 bits per heavy atom. The molecule has 0 unspecified atom stereocenters. The number of sulfonamides is 1. The molecule has 2 aromatic rings. The summed E-state index contributed by atoms with van der Waals surface area (Å²) >= 11 is 3.24.